The molecule has 1 rings (SSSR count). The molecule has 0 atom stereocenters. The van der Waals surface area contributed by atoms with E-state index >= 15 is 0 Å². The lowest BCUT2D eigenvalue weighted by molar-refractivity contribution is 0.0697. The van der Waals surface area contributed by atoms with Crippen molar-refractivity contribution in [3.05, 3.63) is 34.3 Å². The van der Waals surface area contributed by atoms with Crippen molar-refractivity contribution < 1.29 is 14.7 Å². The van der Waals surface area contributed by atoms with Crippen LogP contribution >= 0.6 is 11.6 Å². The van der Waals surface area contributed by atoms with E-state index in [0.29, 0.717) is 0 Å². The number of aromatic carboxylic acids is 1. The third-order valence-electron chi connectivity index (χ3n) is 1.68. The van der Waals surface area contributed by atoms with E-state index in [0.717, 1.165) is 0 Å². The number of hydrogen-bond donors (Lipinski definition) is 2. The third kappa shape index (κ3) is 2.03. The van der Waals surface area contributed by atoms with Crippen molar-refractivity contribution in [2.75, 3.05) is 7.05 Å². The van der Waals surface area contributed by atoms with Crippen LogP contribution in [-0.4, -0.2) is 24.0 Å². The van der Waals surface area contributed by atoms with Crippen LogP contribution in [0.25, 0.3) is 0 Å². The zero-order valence-electron chi connectivity index (χ0n) is 7.37. The predicted octanol–water partition coefficient (Wildman–Crippen LogP) is 1.40. The summed E-state index contributed by atoms with van der Waals surface area (Å²) in [6, 6.07) is 3.97. The largest absolute Gasteiger partial charge is 0.478 e. The van der Waals surface area contributed by atoms with Crippen LogP contribution in [-0.2, 0) is 0 Å². The second kappa shape index (κ2) is 4.11. The van der Waals surface area contributed by atoms with Crippen molar-refractivity contribution in [1.82, 2.24) is 5.32 Å². The summed E-state index contributed by atoms with van der Waals surface area (Å²) in [6.07, 6.45) is 0. The minimum Gasteiger partial charge on any atom is -0.478 e. The number of carbonyl (C=O) groups is 2. The van der Waals surface area contributed by atoms with Gasteiger partial charge in [-0.25, -0.2) is 4.79 Å². The Balaban J connectivity index is 3.21. The van der Waals surface area contributed by atoms with E-state index in [2.05, 4.69) is 5.32 Å². The maximum atomic E-state index is 11.2. The van der Waals surface area contributed by atoms with Crippen LogP contribution in [0, 0.1) is 0 Å². The Morgan fingerprint density at radius 2 is 2.07 bits per heavy atom. The van der Waals surface area contributed by atoms with Gasteiger partial charge in [0.2, 0.25) is 0 Å². The monoisotopic (exact) mass is 213 g/mol. The summed E-state index contributed by atoms with van der Waals surface area (Å²) in [6.45, 7) is 0. The summed E-state index contributed by atoms with van der Waals surface area (Å²) in [5.41, 5.74) is 0.196. The second-order valence-electron chi connectivity index (χ2n) is 2.58. The first-order valence-electron chi connectivity index (χ1n) is 3.81. The van der Waals surface area contributed by atoms with Crippen molar-refractivity contribution in [1.29, 1.82) is 0 Å². The van der Waals surface area contributed by atoms with Gasteiger partial charge >= 0.3 is 5.97 Å². The fourth-order valence-electron chi connectivity index (χ4n) is 0.967. The highest BCUT2D eigenvalue weighted by Gasteiger charge is 2.12. The van der Waals surface area contributed by atoms with Crippen molar-refractivity contribution in [2.45, 2.75) is 0 Å². The molecule has 0 saturated heterocycles. The highest BCUT2D eigenvalue weighted by Crippen LogP contribution is 2.17. The number of carboxylic acids is 1. The molecular formula is C9H8ClNO3. The average molecular weight is 214 g/mol. The van der Waals surface area contributed by atoms with Gasteiger partial charge in [0.15, 0.2) is 0 Å². The molecule has 0 aromatic heterocycles. The molecular weight excluding hydrogens is 206 g/mol. The van der Waals surface area contributed by atoms with Crippen molar-refractivity contribution in [3.63, 3.8) is 0 Å². The van der Waals surface area contributed by atoms with Gasteiger partial charge in [0.25, 0.3) is 5.91 Å². The molecule has 1 amide bonds. The van der Waals surface area contributed by atoms with Crippen molar-refractivity contribution in [2.24, 2.45) is 0 Å². The molecule has 0 unspecified atom stereocenters. The van der Waals surface area contributed by atoms with Crippen LogP contribution in [0.2, 0.25) is 5.02 Å². The van der Waals surface area contributed by atoms with Crippen molar-refractivity contribution in [3.8, 4) is 0 Å². The maximum absolute atomic E-state index is 11.2. The molecule has 1 aromatic rings. The Bertz CT molecular complexity index is 390. The molecule has 5 heteroatoms. The van der Waals surface area contributed by atoms with Gasteiger partial charge < -0.3 is 10.4 Å². The van der Waals surface area contributed by atoms with E-state index in [1.807, 2.05) is 0 Å². The number of hydrogen-bond acceptors (Lipinski definition) is 2. The van der Waals surface area contributed by atoms with E-state index in [9.17, 15) is 9.59 Å². The summed E-state index contributed by atoms with van der Waals surface area (Å²) < 4.78 is 0. The van der Waals surface area contributed by atoms with Gasteiger partial charge in [-0.3, -0.25) is 4.79 Å². The Hall–Kier alpha value is -1.55. The van der Waals surface area contributed by atoms with Gasteiger partial charge in [-0.15, -0.1) is 0 Å². The molecule has 0 saturated carbocycles. The number of rotatable bonds is 2. The zero-order valence-corrected chi connectivity index (χ0v) is 8.13. The smallest absolute Gasteiger partial charge is 0.335 e. The molecule has 14 heavy (non-hydrogen) atoms. The van der Waals surface area contributed by atoms with Crippen LogP contribution in [0.3, 0.4) is 0 Å². The predicted molar refractivity (Wildman–Crippen MR) is 51.8 cm³/mol. The van der Waals surface area contributed by atoms with Gasteiger partial charge in [-0.05, 0) is 18.2 Å². The lowest BCUT2D eigenvalue weighted by Gasteiger charge is -2.03. The summed E-state index contributed by atoms with van der Waals surface area (Å²) in [5.74, 6) is -1.50. The molecule has 2 N–H and O–H groups in total. The van der Waals surface area contributed by atoms with Gasteiger partial charge in [-0.1, -0.05) is 11.6 Å². The van der Waals surface area contributed by atoms with Crippen LogP contribution in [0.1, 0.15) is 20.7 Å². The van der Waals surface area contributed by atoms with Crippen LogP contribution in [0.15, 0.2) is 18.2 Å². The van der Waals surface area contributed by atoms with Gasteiger partial charge in [0.05, 0.1) is 16.1 Å². The Morgan fingerprint density at radius 3 is 2.57 bits per heavy atom. The van der Waals surface area contributed by atoms with Crippen LogP contribution < -0.4 is 5.32 Å². The highest BCUT2D eigenvalue weighted by molar-refractivity contribution is 6.34. The van der Waals surface area contributed by atoms with E-state index < -0.39 is 11.9 Å². The van der Waals surface area contributed by atoms with E-state index in [1.165, 1.54) is 25.2 Å². The first-order valence-corrected chi connectivity index (χ1v) is 4.19. The normalized spacial score (nSPS) is 9.57. The van der Waals surface area contributed by atoms with E-state index in [-0.39, 0.29) is 16.1 Å². The lowest BCUT2D eigenvalue weighted by Crippen LogP contribution is -2.18. The molecule has 0 heterocycles. The lowest BCUT2D eigenvalue weighted by atomic mass is 10.1. The molecule has 0 fully saturated rings. The fraction of sp³-hybridized carbons (Fsp3) is 0.111. The quantitative estimate of drug-likeness (QED) is 0.781. The summed E-state index contributed by atoms with van der Waals surface area (Å²) in [7, 11) is 1.45. The second-order valence-corrected chi connectivity index (χ2v) is 2.99. The molecule has 0 aliphatic heterocycles. The van der Waals surface area contributed by atoms with Gasteiger partial charge in [-0.2, -0.15) is 0 Å². The highest BCUT2D eigenvalue weighted by atomic mass is 35.5. The van der Waals surface area contributed by atoms with E-state index in [1.54, 1.807) is 0 Å². The molecule has 0 aliphatic carbocycles. The average Bonchev–Trinajstić information content (AvgIpc) is 2.17. The topological polar surface area (TPSA) is 66.4 Å². The third-order valence-corrected chi connectivity index (χ3v) is 2.01. The molecule has 0 aliphatic rings. The van der Waals surface area contributed by atoms with Crippen molar-refractivity contribution >= 4 is 23.5 Å². The minimum absolute atomic E-state index is 0.0352. The number of nitrogens with one attached hydrogen (secondary N) is 1. The maximum Gasteiger partial charge on any atom is 0.335 e. The molecule has 0 radical (unpaired) electrons. The Kier molecular flexibility index (Phi) is 3.09. The Labute approximate surface area is 85.5 Å². The molecule has 1 aromatic carbocycles. The molecule has 4 nitrogen and oxygen atoms in total. The van der Waals surface area contributed by atoms with Crippen LogP contribution in [0.4, 0.5) is 0 Å². The first-order chi connectivity index (χ1) is 6.56. The number of carbonyl (C=O) groups excluding carboxylic acids is 1. The molecule has 74 valence electrons. The molecule has 0 bridgehead atoms. The summed E-state index contributed by atoms with van der Waals surface area (Å²) >= 11 is 5.72. The standard InChI is InChI=1S/C9H8ClNO3/c1-11-8(12)6-4-5(9(13)14)2-3-7(6)10/h2-4H,1H3,(H,11,12)(H,13,14). The number of carboxylic acid groups (broad SMARTS) is 1. The van der Waals surface area contributed by atoms with Gasteiger partial charge in [0, 0.05) is 7.05 Å². The number of benzene rings is 1. The Morgan fingerprint density at radius 1 is 1.43 bits per heavy atom. The number of halogens is 1. The first kappa shape index (κ1) is 10.5. The van der Waals surface area contributed by atoms with E-state index in [4.69, 9.17) is 16.7 Å². The fourth-order valence-corrected chi connectivity index (χ4v) is 1.17. The summed E-state index contributed by atoms with van der Waals surface area (Å²) in [5, 5.41) is 11.3. The van der Waals surface area contributed by atoms with Crippen LogP contribution in [0.5, 0.6) is 0 Å². The minimum atomic E-state index is -1.09. The summed E-state index contributed by atoms with van der Waals surface area (Å²) in [4.78, 5) is 21.8. The van der Waals surface area contributed by atoms with Gasteiger partial charge in [0.1, 0.15) is 0 Å². The SMILES string of the molecule is CNC(=O)c1cc(C(=O)O)ccc1Cl. The molecule has 0 spiro atoms. The number of amides is 1. The zero-order chi connectivity index (χ0) is 10.7.